The minimum absolute atomic E-state index is 0.000231. The summed E-state index contributed by atoms with van der Waals surface area (Å²) in [6.07, 6.45) is 0. The van der Waals surface area contributed by atoms with Gasteiger partial charge in [0, 0.05) is 16.5 Å². The molecule has 0 aliphatic heterocycles. The predicted molar refractivity (Wildman–Crippen MR) is 50.9 cm³/mol. The van der Waals surface area contributed by atoms with Crippen molar-refractivity contribution in [2.75, 3.05) is 0 Å². The van der Waals surface area contributed by atoms with Gasteiger partial charge in [-0.2, -0.15) is 5.26 Å². The molecule has 0 bridgehead atoms. The van der Waals surface area contributed by atoms with Crippen LogP contribution in [0.2, 0.25) is 5.02 Å². The third-order valence-electron chi connectivity index (χ3n) is 1.47. The molecule has 1 rings (SSSR count). The van der Waals surface area contributed by atoms with Crippen LogP contribution >= 0.6 is 11.6 Å². The zero-order valence-electron chi connectivity index (χ0n) is 6.91. The van der Waals surface area contributed by atoms with Crippen molar-refractivity contribution in [2.24, 2.45) is 0 Å². The minimum atomic E-state index is -1.12. The van der Waals surface area contributed by atoms with Crippen LogP contribution in [-0.2, 0) is 0 Å². The van der Waals surface area contributed by atoms with Crippen molar-refractivity contribution in [3.05, 3.63) is 34.3 Å². The van der Waals surface area contributed by atoms with Crippen LogP contribution in [0.15, 0.2) is 18.2 Å². The number of hydrogen-bond donors (Lipinski definition) is 1. The zero-order valence-corrected chi connectivity index (χ0v) is 7.67. The summed E-state index contributed by atoms with van der Waals surface area (Å²) < 4.78 is 0. The Balaban J connectivity index is 3.30. The van der Waals surface area contributed by atoms with Crippen molar-refractivity contribution in [3.63, 3.8) is 0 Å². The first-order valence-corrected chi connectivity index (χ1v) is 3.96. The molecule has 0 radical (unpaired) electrons. The monoisotopic (exact) mass is 205 g/mol. The van der Waals surface area contributed by atoms with E-state index in [1.807, 2.05) is 0 Å². The van der Waals surface area contributed by atoms with Crippen LogP contribution in [0.4, 0.5) is 0 Å². The van der Waals surface area contributed by atoms with Gasteiger partial charge in [-0.1, -0.05) is 11.6 Å². The Kier molecular flexibility index (Phi) is 3.12. The molecule has 0 atom stereocenters. The summed E-state index contributed by atoms with van der Waals surface area (Å²) in [7, 11) is 0. The van der Waals surface area contributed by atoms with E-state index in [0.29, 0.717) is 5.02 Å². The molecule has 14 heavy (non-hydrogen) atoms. The second-order valence-corrected chi connectivity index (χ2v) is 2.79. The number of halogens is 1. The molecule has 0 heterocycles. The fourth-order valence-electron chi connectivity index (χ4n) is 0.898. The van der Waals surface area contributed by atoms with Crippen LogP contribution < -0.4 is 0 Å². The average Bonchev–Trinajstić information content (AvgIpc) is 2.15. The molecule has 4 heteroatoms. The SMILES string of the molecule is N#CC#Cc1ccc(Cl)cc1C(=O)O. The Morgan fingerprint density at radius 2 is 2.21 bits per heavy atom. The quantitative estimate of drug-likeness (QED) is 0.713. The maximum Gasteiger partial charge on any atom is 0.337 e. The van der Waals surface area contributed by atoms with Crippen LogP contribution in [-0.4, -0.2) is 11.1 Å². The molecular weight excluding hydrogens is 202 g/mol. The second-order valence-electron chi connectivity index (χ2n) is 2.36. The standard InChI is InChI=1S/C10H4ClNO2/c11-8-4-3-7(2-1-5-12)9(6-8)10(13)14/h3-4,6H,(H,13,14). The highest BCUT2D eigenvalue weighted by Gasteiger charge is 2.08. The van der Waals surface area contributed by atoms with Gasteiger partial charge < -0.3 is 5.11 Å². The highest BCUT2D eigenvalue weighted by molar-refractivity contribution is 6.31. The van der Waals surface area contributed by atoms with E-state index in [1.54, 1.807) is 6.07 Å². The zero-order chi connectivity index (χ0) is 10.6. The van der Waals surface area contributed by atoms with Crippen LogP contribution in [0.3, 0.4) is 0 Å². The van der Waals surface area contributed by atoms with Crippen molar-refractivity contribution >= 4 is 17.6 Å². The lowest BCUT2D eigenvalue weighted by Gasteiger charge is -1.98. The summed E-state index contributed by atoms with van der Waals surface area (Å²) in [6.45, 7) is 0. The van der Waals surface area contributed by atoms with Crippen molar-refractivity contribution in [2.45, 2.75) is 0 Å². The minimum Gasteiger partial charge on any atom is -0.478 e. The van der Waals surface area contributed by atoms with Crippen molar-refractivity contribution < 1.29 is 9.90 Å². The molecule has 1 aromatic rings. The Morgan fingerprint density at radius 3 is 2.79 bits per heavy atom. The summed E-state index contributed by atoms with van der Waals surface area (Å²) in [5, 5.41) is 17.3. The van der Waals surface area contributed by atoms with E-state index in [9.17, 15) is 4.79 Å². The number of aromatic carboxylic acids is 1. The molecule has 0 aliphatic rings. The van der Waals surface area contributed by atoms with E-state index in [-0.39, 0.29) is 11.1 Å². The van der Waals surface area contributed by atoms with E-state index in [2.05, 4.69) is 11.8 Å². The summed E-state index contributed by atoms with van der Waals surface area (Å²) >= 11 is 5.62. The molecule has 0 aromatic heterocycles. The van der Waals surface area contributed by atoms with E-state index < -0.39 is 5.97 Å². The smallest absolute Gasteiger partial charge is 0.337 e. The van der Waals surface area contributed by atoms with E-state index >= 15 is 0 Å². The summed E-state index contributed by atoms with van der Waals surface area (Å²) in [5.41, 5.74) is 0.281. The lowest BCUT2D eigenvalue weighted by Crippen LogP contribution is -1.99. The average molecular weight is 206 g/mol. The van der Waals surface area contributed by atoms with Gasteiger partial charge in [-0.05, 0) is 24.1 Å². The van der Waals surface area contributed by atoms with Gasteiger partial charge in [0.15, 0.2) is 6.07 Å². The number of benzene rings is 1. The number of rotatable bonds is 1. The highest BCUT2D eigenvalue weighted by atomic mass is 35.5. The number of carboxylic acids is 1. The lowest BCUT2D eigenvalue weighted by atomic mass is 10.1. The fourth-order valence-corrected chi connectivity index (χ4v) is 1.07. The van der Waals surface area contributed by atoms with Crippen molar-refractivity contribution in [1.82, 2.24) is 0 Å². The van der Waals surface area contributed by atoms with E-state index in [4.69, 9.17) is 22.0 Å². The predicted octanol–water partition coefficient (Wildman–Crippen LogP) is 1.91. The van der Waals surface area contributed by atoms with Gasteiger partial charge in [0.25, 0.3) is 0 Å². The lowest BCUT2D eigenvalue weighted by molar-refractivity contribution is 0.0696. The molecule has 3 nitrogen and oxygen atoms in total. The summed E-state index contributed by atoms with van der Waals surface area (Å²) in [4.78, 5) is 10.7. The molecule has 68 valence electrons. The number of carboxylic acid groups (broad SMARTS) is 1. The summed E-state index contributed by atoms with van der Waals surface area (Å²) in [6, 6.07) is 5.90. The first-order valence-electron chi connectivity index (χ1n) is 3.58. The normalized spacial score (nSPS) is 8.29. The molecule has 1 N–H and O–H groups in total. The van der Waals surface area contributed by atoms with Gasteiger partial charge in [0.05, 0.1) is 5.56 Å². The maximum atomic E-state index is 10.7. The second kappa shape index (κ2) is 4.32. The highest BCUT2D eigenvalue weighted by Crippen LogP contribution is 2.15. The van der Waals surface area contributed by atoms with Gasteiger partial charge in [0.2, 0.25) is 0 Å². The molecule has 0 unspecified atom stereocenters. The van der Waals surface area contributed by atoms with Gasteiger partial charge in [-0.15, -0.1) is 0 Å². The molecule has 0 fully saturated rings. The topological polar surface area (TPSA) is 61.1 Å². The Labute approximate surface area is 85.5 Å². The van der Waals surface area contributed by atoms with Gasteiger partial charge in [-0.25, -0.2) is 4.79 Å². The van der Waals surface area contributed by atoms with E-state index in [1.165, 1.54) is 18.2 Å². The number of carbonyl (C=O) groups is 1. The third-order valence-corrected chi connectivity index (χ3v) is 1.70. The molecule has 0 spiro atoms. The Bertz CT molecular complexity index is 477. The molecular formula is C10H4ClNO2. The number of hydrogen-bond acceptors (Lipinski definition) is 2. The van der Waals surface area contributed by atoms with Gasteiger partial charge >= 0.3 is 5.97 Å². The molecule has 0 saturated carbocycles. The fraction of sp³-hybridized carbons (Fsp3) is 0. The van der Waals surface area contributed by atoms with Gasteiger partial charge in [0.1, 0.15) is 0 Å². The van der Waals surface area contributed by atoms with E-state index in [0.717, 1.165) is 0 Å². The molecule has 1 aromatic carbocycles. The number of nitriles is 1. The third kappa shape index (κ3) is 2.26. The largest absolute Gasteiger partial charge is 0.478 e. The van der Waals surface area contributed by atoms with Gasteiger partial charge in [-0.3, -0.25) is 0 Å². The Hall–Kier alpha value is -1.97. The van der Waals surface area contributed by atoms with Crippen molar-refractivity contribution in [1.29, 1.82) is 5.26 Å². The first kappa shape index (κ1) is 10.1. The molecule has 0 amide bonds. The maximum absolute atomic E-state index is 10.7. The summed E-state index contributed by atoms with van der Waals surface area (Å²) in [5.74, 6) is 3.43. The molecule has 0 aliphatic carbocycles. The first-order chi connectivity index (χ1) is 6.65. The van der Waals surface area contributed by atoms with Crippen LogP contribution in [0.5, 0.6) is 0 Å². The van der Waals surface area contributed by atoms with Crippen LogP contribution in [0.25, 0.3) is 0 Å². The van der Waals surface area contributed by atoms with Crippen molar-refractivity contribution in [3.8, 4) is 17.9 Å². The Morgan fingerprint density at radius 1 is 1.50 bits per heavy atom. The van der Waals surface area contributed by atoms with Crippen LogP contribution in [0, 0.1) is 23.2 Å². The van der Waals surface area contributed by atoms with Crippen LogP contribution in [0.1, 0.15) is 15.9 Å². The molecule has 0 saturated heterocycles. The number of nitrogens with zero attached hydrogens (tertiary/aromatic N) is 1.